The summed E-state index contributed by atoms with van der Waals surface area (Å²) in [4.78, 5) is 8.75. The Morgan fingerprint density at radius 3 is 2.70 bits per heavy atom. The van der Waals surface area contributed by atoms with E-state index in [9.17, 15) is 0 Å². The van der Waals surface area contributed by atoms with E-state index in [0.29, 0.717) is 17.5 Å². The van der Waals surface area contributed by atoms with Crippen LogP contribution in [0.1, 0.15) is 5.69 Å². The maximum absolute atomic E-state index is 4.47. The molecule has 20 heavy (non-hydrogen) atoms. The predicted molar refractivity (Wildman–Crippen MR) is 79.4 cm³/mol. The van der Waals surface area contributed by atoms with Crippen molar-refractivity contribution < 1.29 is 0 Å². The quantitative estimate of drug-likeness (QED) is 0.758. The molecule has 3 aromatic rings. The molecule has 5 nitrogen and oxygen atoms in total. The van der Waals surface area contributed by atoms with Crippen LogP contribution in [0.15, 0.2) is 55.2 Å². The molecule has 0 saturated carbocycles. The van der Waals surface area contributed by atoms with Gasteiger partial charge in [-0.1, -0.05) is 36.9 Å². The van der Waals surface area contributed by atoms with Gasteiger partial charge in [-0.3, -0.25) is 5.10 Å². The first-order valence-electron chi connectivity index (χ1n) is 6.18. The molecule has 0 aliphatic rings. The van der Waals surface area contributed by atoms with Gasteiger partial charge in [-0.2, -0.15) is 5.10 Å². The van der Waals surface area contributed by atoms with Gasteiger partial charge >= 0.3 is 0 Å². The highest BCUT2D eigenvalue weighted by atomic mass is 15.2. The highest BCUT2D eigenvalue weighted by Crippen LogP contribution is 2.18. The SMILES string of the molecule is C=Cc1cc(Nc2ccnc(-c3ccccc3)n2)n[nH]1. The van der Waals surface area contributed by atoms with E-state index in [1.165, 1.54) is 0 Å². The summed E-state index contributed by atoms with van der Waals surface area (Å²) in [5, 5.41) is 10.1. The molecule has 2 aromatic heterocycles. The van der Waals surface area contributed by atoms with Gasteiger partial charge in [0.25, 0.3) is 0 Å². The van der Waals surface area contributed by atoms with E-state index >= 15 is 0 Å². The molecule has 0 unspecified atom stereocenters. The zero-order valence-corrected chi connectivity index (χ0v) is 10.7. The number of hydrogen-bond donors (Lipinski definition) is 2. The molecule has 5 heteroatoms. The van der Waals surface area contributed by atoms with Gasteiger partial charge in [0.15, 0.2) is 11.6 Å². The lowest BCUT2D eigenvalue weighted by Gasteiger charge is -2.04. The van der Waals surface area contributed by atoms with Crippen LogP contribution in [0, 0.1) is 0 Å². The molecule has 0 radical (unpaired) electrons. The van der Waals surface area contributed by atoms with Crippen molar-refractivity contribution >= 4 is 17.7 Å². The molecule has 3 rings (SSSR count). The van der Waals surface area contributed by atoms with Gasteiger partial charge in [0.2, 0.25) is 0 Å². The molecular weight excluding hydrogens is 250 g/mol. The van der Waals surface area contributed by atoms with Crippen LogP contribution in [-0.2, 0) is 0 Å². The molecule has 98 valence electrons. The average Bonchev–Trinajstić information content (AvgIpc) is 2.96. The molecule has 1 aromatic carbocycles. The summed E-state index contributed by atoms with van der Waals surface area (Å²) in [7, 11) is 0. The Kier molecular flexibility index (Phi) is 3.24. The lowest BCUT2D eigenvalue weighted by atomic mass is 10.2. The second kappa shape index (κ2) is 5.36. The van der Waals surface area contributed by atoms with Crippen molar-refractivity contribution in [3.63, 3.8) is 0 Å². The largest absolute Gasteiger partial charge is 0.323 e. The first-order chi connectivity index (χ1) is 9.85. The van der Waals surface area contributed by atoms with E-state index in [-0.39, 0.29) is 0 Å². The van der Waals surface area contributed by atoms with Crippen molar-refractivity contribution in [2.75, 3.05) is 5.32 Å². The fourth-order valence-electron chi connectivity index (χ4n) is 1.79. The Morgan fingerprint density at radius 1 is 1.10 bits per heavy atom. The molecule has 2 N–H and O–H groups in total. The number of aromatic nitrogens is 4. The van der Waals surface area contributed by atoms with Crippen molar-refractivity contribution in [2.45, 2.75) is 0 Å². The first kappa shape index (κ1) is 12.1. The van der Waals surface area contributed by atoms with E-state index in [2.05, 4.69) is 32.1 Å². The van der Waals surface area contributed by atoms with Crippen molar-refractivity contribution in [1.82, 2.24) is 20.2 Å². The van der Waals surface area contributed by atoms with Crippen LogP contribution in [0.4, 0.5) is 11.6 Å². The Morgan fingerprint density at radius 2 is 1.95 bits per heavy atom. The molecule has 0 aliphatic carbocycles. The highest BCUT2D eigenvalue weighted by molar-refractivity contribution is 5.60. The number of hydrogen-bond acceptors (Lipinski definition) is 4. The summed E-state index contributed by atoms with van der Waals surface area (Å²) in [6, 6.07) is 13.5. The number of nitrogens with one attached hydrogen (secondary N) is 2. The van der Waals surface area contributed by atoms with Crippen molar-refractivity contribution in [1.29, 1.82) is 0 Å². The zero-order valence-electron chi connectivity index (χ0n) is 10.7. The third-order valence-corrected chi connectivity index (χ3v) is 2.76. The Balaban J connectivity index is 1.86. The zero-order chi connectivity index (χ0) is 13.8. The molecule has 0 spiro atoms. The van der Waals surface area contributed by atoms with Gasteiger partial charge < -0.3 is 5.32 Å². The second-order valence-electron chi connectivity index (χ2n) is 4.17. The lowest BCUT2D eigenvalue weighted by molar-refractivity contribution is 1.08. The van der Waals surface area contributed by atoms with Crippen LogP contribution in [0.25, 0.3) is 17.5 Å². The number of benzene rings is 1. The summed E-state index contributed by atoms with van der Waals surface area (Å²) in [5.41, 5.74) is 1.83. The molecule has 0 amide bonds. The fraction of sp³-hybridized carbons (Fsp3) is 0. The summed E-state index contributed by atoms with van der Waals surface area (Å²) < 4.78 is 0. The van der Waals surface area contributed by atoms with Crippen molar-refractivity contribution in [3.8, 4) is 11.4 Å². The Labute approximate surface area is 116 Å². The minimum atomic E-state index is 0.676. The van der Waals surface area contributed by atoms with Crippen LogP contribution in [0.2, 0.25) is 0 Å². The van der Waals surface area contributed by atoms with E-state index in [0.717, 1.165) is 11.3 Å². The van der Waals surface area contributed by atoms with Crippen LogP contribution >= 0.6 is 0 Å². The van der Waals surface area contributed by atoms with E-state index in [1.54, 1.807) is 18.3 Å². The second-order valence-corrected chi connectivity index (χ2v) is 4.17. The van der Waals surface area contributed by atoms with Crippen LogP contribution < -0.4 is 5.32 Å². The molecule has 0 fully saturated rings. The van der Waals surface area contributed by atoms with E-state index in [1.807, 2.05) is 36.4 Å². The summed E-state index contributed by atoms with van der Waals surface area (Å²) in [6.45, 7) is 3.68. The molecule has 0 atom stereocenters. The predicted octanol–water partition coefficient (Wildman–Crippen LogP) is 3.25. The fourth-order valence-corrected chi connectivity index (χ4v) is 1.79. The third kappa shape index (κ3) is 2.56. The summed E-state index contributed by atoms with van der Waals surface area (Å²) >= 11 is 0. The molecule has 0 aliphatic heterocycles. The van der Waals surface area contributed by atoms with Gasteiger partial charge in [0.05, 0.1) is 5.69 Å². The standard InChI is InChI=1S/C15H13N5/c1-2-12-10-14(20-19-12)17-13-8-9-16-15(18-13)11-6-4-3-5-7-11/h2-10H,1H2,(H2,16,17,18,19,20). The monoisotopic (exact) mass is 263 g/mol. The molecule has 0 saturated heterocycles. The molecular formula is C15H13N5. The minimum Gasteiger partial charge on any atom is -0.323 e. The average molecular weight is 263 g/mol. The maximum atomic E-state index is 4.47. The van der Waals surface area contributed by atoms with Gasteiger partial charge in [0, 0.05) is 17.8 Å². The highest BCUT2D eigenvalue weighted by Gasteiger charge is 2.04. The normalized spacial score (nSPS) is 10.2. The van der Waals surface area contributed by atoms with E-state index < -0.39 is 0 Å². The van der Waals surface area contributed by atoms with Gasteiger partial charge in [-0.25, -0.2) is 9.97 Å². The Hall–Kier alpha value is -2.95. The van der Waals surface area contributed by atoms with Gasteiger partial charge in [-0.15, -0.1) is 0 Å². The molecule has 0 bridgehead atoms. The third-order valence-electron chi connectivity index (χ3n) is 2.76. The van der Waals surface area contributed by atoms with Crippen LogP contribution in [-0.4, -0.2) is 20.2 Å². The van der Waals surface area contributed by atoms with Crippen LogP contribution in [0.3, 0.4) is 0 Å². The number of nitrogens with zero attached hydrogens (tertiary/aromatic N) is 3. The molecule has 2 heterocycles. The Bertz CT molecular complexity index is 718. The lowest BCUT2D eigenvalue weighted by Crippen LogP contribution is -1.96. The number of H-pyrrole nitrogens is 1. The number of aromatic amines is 1. The number of anilines is 2. The van der Waals surface area contributed by atoms with Crippen molar-refractivity contribution in [2.24, 2.45) is 0 Å². The van der Waals surface area contributed by atoms with Gasteiger partial charge in [-0.05, 0) is 12.1 Å². The number of rotatable bonds is 4. The summed E-state index contributed by atoms with van der Waals surface area (Å²) in [5.74, 6) is 2.06. The maximum Gasteiger partial charge on any atom is 0.161 e. The smallest absolute Gasteiger partial charge is 0.161 e. The summed E-state index contributed by atoms with van der Waals surface area (Å²) in [6.07, 6.45) is 3.42. The van der Waals surface area contributed by atoms with E-state index in [4.69, 9.17) is 0 Å². The minimum absolute atomic E-state index is 0.676. The topological polar surface area (TPSA) is 66.5 Å². The van der Waals surface area contributed by atoms with Gasteiger partial charge in [0.1, 0.15) is 5.82 Å². The first-order valence-corrected chi connectivity index (χ1v) is 6.18. The van der Waals surface area contributed by atoms with Crippen molar-refractivity contribution in [3.05, 3.63) is 60.9 Å². The van der Waals surface area contributed by atoms with Crippen LogP contribution in [0.5, 0.6) is 0 Å².